The molecule has 0 radical (unpaired) electrons. The quantitative estimate of drug-likeness (QED) is 0.537. The van der Waals surface area contributed by atoms with Crippen molar-refractivity contribution in [3.8, 4) is 0 Å². The summed E-state index contributed by atoms with van der Waals surface area (Å²) in [6, 6.07) is 18.8. The van der Waals surface area contributed by atoms with Crippen LogP contribution in [0.3, 0.4) is 0 Å². The third-order valence-corrected chi connectivity index (χ3v) is 4.89. The summed E-state index contributed by atoms with van der Waals surface area (Å²) in [5, 5.41) is 0. The van der Waals surface area contributed by atoms with Crippen molar-refractivity contribution >= 4 is 22.6 Å². The molecule has 2 aromatic heterocycles. The molecule has 0 bridgehead atoms. The second-order valence-corrected chi connectivity index (χ2v) is 6.81. The van der Waals surface area contributed by atoms with Gasteiger partial charge in [0.2, 0.25) is 5.91 Å². The van der Waals surface area contributed by atoms with Crippen LogP contribution in [0, 0.1) is 6.92 Å². The van der Waals surface area contributed by atoms with E-state index in [4.69, 9.17) is 4.42 Å². The van der Waals surface area contributed by atoms with E-state index in [0.717, 1.165) is 22.3 Å². The lowest BCUT2D eigenvalue weighted by atomic mass is 10.2. The first-order valence-corrected chi connectivity index (χ1v) is 9.08. The third kappa shape index (κ3) is 3.24. The molecule has 0 fully saturated rings. The van der Waals surface area contributed by atoms with E-state index in [-0.39, 0.29) is 18.1 Å². The normalized spacial score (nSPS) is 11.1. The van der Waals surface area contributed by atoms with Gasteiger partial charge in [-0.15, -0.1) is 0 Å². The molecule has 0 saturated carbocycles. The zero-order chi connectivity index (χ0) is 19.7. The minimum Gasteiger partial charge on any atom is -0.467 e. The van der Waals surface area contributed by atoms with Crippen molar-refractivity contribution in [3.05, 3.63) is 88.7 Å². The number of fused-ring (bicyclic) bond motifs is 1. The molecule has 0 aliphatic carbocycles. The van der Waals surface area contributed by atoms with Gasteiger partial charge in [-0.2, -0.15) is 0 Å². The number of anilines is 1. The van der Waals surface area contributed by atoms with Crippen LogP contribution in [0.25, 0.3) is 11.0 Å². The van der Waals surface area contributed by atoms with Gasteiger partial charge >= 0.3 is 5.69 Å². The summed E-state index contributed by atoms with van der Waals surface area (Å²) in [6.07, 6.45) is 1.59. The Kier molecular flexibility index (Phi) is 4.61. The molecule has 0 aliphatic rings. The summed E-state index contributed by atoms with van der Waals surface area (Å²) in [7, 11) is 1.71. The maximum absolute atomic E-state index is 13.2. The Balaban J connectivity index is 1.71. The Morgan fingerprint density at radius 1 is 1.00 bits per heavy atom. The Hall–Kier alpha value is -3.54. The summed E-state index contributed by atoms with van der Waals surface area (Å²) < 4.78 is 8.52. The summed E-state index contributed by atoms with van der Waals surface area (Å²) in [4.78, 5) is 27.6. The number of aromatic nitrogens is 2. The number of carbonyl (C=O) groups excluding carboxylic acids is 1. The summed E-state index contributed by atoms with van der Waals surface area (Å²) >= 11 is 0. The van der Waals surface area contributed by atoms with E-state index in [1.807, 2.05) is 61.5 Å². The monoisotopic (exact) mass is 375 g/mol. The van der Waals surface area contributed by atoms with Gasteiger partial charge in [0.05, 0.1) is 23.8 Å². The lowest BCUT2D eigenvalue weighted by Gasteiger charge is -2.22. The molecule has 4 aromatic rings. The number of hydrogen-bond acceptors (Lipinski definition) is 3. The van der Waals surface area contributed by atoms with Crippen molar-refractivity contribution in [2.75, 3.05) is 4.90 Å². The number of aryl methyl sites for hydroxylation is 2. The summed E-state index contributed by atoms with van der Waals surface area (Å²) in [5.41, 5.74) is 3.20. The number of amides is 1. The highest BCUT2D eigenvalue weighted by Crippen LogP contribution is 2.20. The smallest absolute Gasteiger partial charge is 0.329 e. The molecule has 0 saturated heterocycles. The average Bonchev–Trinajstić information content (AvgIpc) is 3.30. The van der Waals surface area contributed by atoms with Gasteiger partial charge in [0.15, 0.2) is 0 Å². The van der Waals surface area contributed by atoms with Gasteiger partial charge in [0, 0.05) is 12.7 Å². The maximum atomic E-state index is 13.2. The Labute approximate surface area is 162 Å². The van der Waals surface area contributed by atoms with Crippen LogP contribution < -0.4 is 10.6 Å². The molecule has 142 valence electrons. The van der Waals surface area contributed by atoms with E-state index in [2.05, 4.69) is 0 Å². The predicted octanol–water partition coefficient (Wildman–Crippen LogP) is 3.47. The second kappa shape index (κ2) is 7.23. The van der Waals surface area contributed by atoms with Crippen molar-refractivity contribution in [3.63, 3.8) is 0 Å². The van der Waals surface area contributed by atoms with Crippen LogP contribution in [0.4, 0.5) is 5.69 Å². The maximum Gasteiger partial charge on any atom is 0.329 e. The molecule has 1 amide bonds. The number of para-hydroxylation sites is 2. The molecule has 0 spiro atoms. The van der Waals surface area contributed by atoms with Crippen LogP contribution in [0.15, 0.2) is 76.1 Å². The Morgan fingerprint density at radius 3 is 2.39 bits per heavy atom. The average molecular weight is 375 g/mol. The van der Waals surface area contributed by atoms with Crippen LogP contribution >= 0.6 is 0 Å². The fourth-order valence-corrected chi connectivity index (χ4v) is 3.34. The van der Waals surface area contributed by atoms with Gasteiger partial charge in [0.25, 0.3) is 0 Å². The molecule has 2 aromatic carbocycles. The van der Waals surface area contributed by atoms with Gasteiger partial charge in [-0.25, -0.2) is 4.79 Å². The van der Waals surface area contributed by atoms with Crippen LogP contribution in [0.1, 0.15) is 11.3 Å². The molecule has 28 heavy (non-hydrogen) atoms. The van der Waals surface area contributed by atoms with Crippen molar-refractivity contribution in [1.29, 1.82) is 0 Å². The van der Waals surface area contributed by atoms with Crippen molar-refractivity contribution in [1.82, 2.24) is 9.13 Å². The van der Waals surface area contributed by atoms with E-state index >= 15 is 0 Å². The fourth-order valence-electron chi connectivity index (χ4n) is 3.34. The van der Waals surface area contributed by atoms with Crippen LogP contribution in [-0.4, -0.2) is 15.0 Å². The Morgan fingerprint density at radius 2 is 1.71 bits per heavy atom. The number of benzene rings is 2. The van der Waals surface area contributed by atoms with Crippen molar-refractivity contribution < 1.29 is 9.21 Å². The molecule has 0 N–H and O–H groups in total. The van der Waals surface area contributed by atoms with Crippen molar-refractivity contribution in [2.24, 2.45) is 7.05 Å². The number of imidazole rings is 1. The van der Waals surface area contributed by atoms with Gasteiger partial charge in [-0.05, 0) is 43.3 Å². The van der Waals surface area contributed by atoms with E-state index in [0.29, 0.717) is 12.3 Å². The first kappa shape index (κ1) is 17.9. The molecular formula is C22H21N3O3. The van der Waals surface area contributed by atoms with E-state index in [1.165, 1.54) is 4.57 Å². The highest BCUT2D eigenvalue weighted by Gasteiger charge is 2.21. The second-order valence-electron chi connectivity index (χ2n) is 6.81. The zero-order valence-corrected chi connectivity index (χ0v) is 15.8. The van der Waals surface area contributed by atoms with Gasteiger partial charge in [0.1, 0.15) is 12.3 Å². The molecule has 2 heterocycles. The van der Waals surface area contributed by atoms with Crippen LogP contribution in [-0.2, 0) is 24.9 Å². The molecule has 6 nitrogen and oxygen atoms in total. The molecule has 0 unspecified atom stereocenters. The van der Waals surface area contributed by atoms with E-state index in [1.54, 1.807) is 28.8 Å². The molecular weight excluding hydrogens is 354 g/mol. The number of furan rings is 1. The number of rotatable bonds is 5. The molecule has 6 heteroatoms. The molecule has 4 rings (SSSR count). The van der Waals surface area contributed by atoms with Crippen LogP contribution in [0.5, 0.6) is 0 Å². The fraction of sp³-hybridized carbons (Fsp3) is 0.182. The standard InChI is InChI=1S/C22H21N3O3/c1-16-9-11-17(12-10-16)24(14-18-6-5-13-28-18)21(26)15-25-20-8-4-3-7-19(20)23(2)22(25)27/h3-13H,14-15H2,1-2H3. The van der Waals surface area contributed by atoms with E-state index < -0.39 is 0 Å². The van der Waals surface area contributed by atoms with Crippen LogP contribution in [0.2, 0.25) is 0 Å². The van der Waals surface area contributed by atoms with E-state index in [9.17, 15) is 9.59 Å². The van der Waals surface area contributed by atoms with Crippen molar-refractivity contribution in [2.45, 2.75) is 20.0 Å². The number of hydrogen-bond donors (Lipinski definition) is 0. The summed E-state index contributed by atoms with van der Waals surface area (Å²) in [5.74, 6) is 0.498. The first-order valence-electron chi connectivity index (χ1n) is 9.08. The third-order valence-electron chi connectivity index (χ3n) is 4.89. The zero-order valence-electron chi connectivity index (χ0n) is 15.8. The highest BCUT2D eigenvalue weighted by atomic mass is 16.3. The Bertz CT molecular complexity index is 1170. The summed E-state index contributed by atoms with van der Waals surface area (Å²) in [6.45, 7) is 2.25. The lowest BCUT2D eigenvalue weighted by molar-refractivity contribution is -0.119. The van der Waals surface area contributed by atoms with Gasteiger partial charge in [-0.1, -0.05) is 29.8 Å². The number of carbonyl (C=O) groups is 1. The lowest BCUT2D eigenvalue weighted by Crippen LogP contribution is -2.36. The highest BCUT2D eigenvalue weighted by molar-refractivity contribution is 5.94. The molecule has 0 atom stereocenters. The largest absolute Gasteiger partial charge is 0.467 e. The van der Waals surface area contributed by atoms with Gasteiger partial charge in [-0.3, -0.25) is 13.9 Å². The minimum atomic E-state index is -0.212. The van der Waals surface area contributed by atoms with Gasteiger partial charge < -0.3 is 9.32 Å². The minimum absolute atomic E-state index is 0.0469. The SMILES string of the molecule is Cc1ccc(N(Cc2ccco2)C(=O)Cn2c(=O)n(C)c3ccccc32)cc1. The topological polar surface area (TPSA) is 60.4 Å². The molecule has 0 aliphatic heterocycles. The first-order chi connectivity index (χ1) is 13.5. The number of nitrogens with zero attached hydrogens (tertiary/aromatic N) is 3. The predicted molar refractivity (Wildman–Crippen MR) is 108 cm³/mol.